The number of anilines is 1. The van der Waals surface area contributed by atoms with E-state index in [0.29, 0.717) is 18.7 Å². The molecule has 84 valence electrons. The molecule has 0 bridgehead atoms. The number of hydrogen-bond donors (Lipinski definition) is 2. The Morgan fingerprint density at radius 3 is 2.56 bits per heavy atom. The Morgan fingerprint density at radius 1 is 1.44 bits per heavy atom. The van der Waals surface area contributed by atoms with Gasteiger partial charge in [0.2, 0.25) is 5.91 Å². The van der Waals surface area contributed by atoms with Crippen LogP contribution in [0.15, 0.2) is 18.3 Å². The Bertz CT molecular complexity index is 435. The maximum Gasteiger partial charge on any atom is 0.319 e. The fraction of sp³-hybridized carbons (Fsp3) is 0.364. The standard InChI is InChI=1S/C11H12N2O3/c1-7-2-3-8(12-6-7)13-9(14)11(4-5-11)10(15)16/h2-3,6H,4-5H2,1H3,(H,15,16)(H,12,13,14). The molecular weight excluding hydrogens is 208 g/mol. The van der Waals surface area contributed by atoms with E-state index in [0.717, 1.165) is 5.56 Å². The molecule has 1 aromatic rings. The average molecular weight is 220 g/mol. The summed E-state index contributed by atoms with van der Waals surface area (Å²) in [4.78, 5) is 26.6. The average Bonchev–Trinajstić information content (AvgIpc) is 3.02. The lowest BCUT2D eigenvalue weighted by atomic mass is 10.1. The molecule has 2 rings (SSSR count). The van der Waals surface area contributed by atoms with Gasteiger partial charge in [-0.1, -0.05) is 6.07 Å². The number of carboxylic acids is 1. The Labute approximate surface area is 92.5 Å². The van der Waals surface area contributed by atoms with Crippen molar-refractivity contribution in [2.45, 2.75) is 19.8 Å². The smallest absolute Gasteiger partial charge is 0.319 e. The summed E-state index contributed by atoms with van der Waals surface area (Å²) >= 11 is 0. The van der Waals surface area contributed by atoms with E-state index >= 15 is 0 Å². The topological polar surface area (TPSA) is 79.3 Å². The largest absolute Gasteiger partial charge is 0.480 e. The van der Waals surface area contributed by atoms with Gasteiger partial charge >= 0.3 is 5.97 Å². The Balaban J connectivity index is 2.08. The predicted molar refractivity (Wildman–Crippen MR) is 56.9 cm³/mol. The molecule has 1 aromatic heterocycles. The molecule has 0 radical (unpaired) electrons. The number of amides is 1. The molecule has 0 aromatic carbocycles. The van der Waals surface area contributed by atoms with Gasteiger partial charge in [0, 0.05) is 6.20 Å². The van der Waals surface area contributed by atoms with Gasteiger partial charge in [-0.05, 0) is 31.4 Å². The molecule has 5 nitrogen and oxygen atoms in total. The summed E-state index contributed by atoms with van der Waals surface area (Å²) in [5.41, 5.74) is -0.232. The summed E-state index contributed by atoms with van der Waals surface area (Å²) < 4.78 is 0. The first kappa shape index (κ1) is 10.6. The predicted octanol–water partition coefficient (Wildman–Crippen LogP) is 1.19. The van der Waals surface area contributed by atoms with Gasteiger partial charge in [0.1, 0.15) is 11.2 Å². The maximum absolute atomic E-state index is 11.7. The normalized spacial score (nSPS) is 16.6. The number of hydrogen-bond acceptors (Lipinski definition) is 3. The molecule has 16 heavy (non-hydrogen) atoms. The highest BCUT2D eigenvalue weighted by Crippen LogP contribution is 2.46. The van der Waals surface area contributed by atoms with Crippen LogP contribution in [0.25, 0.3) is 0 Å². The van der Waals surface area contributed by atoms with Crippen LogP contribution in [0.5, 0.6) is 0 Å². The summed E-state index contributed by atoms with van der Waals surface area (Å²) in [6.45, 7) is 1.89. The monoisotopic (exact) mass is 220 g/mol. The number of aryl methyl sites for hydroxylation is 1. The lowest BCUT2D eigenvalue weighted by Gasteiger charge is -2.09. The first-order valence-corrected chi connectivity index (χ1v) is 5.02. The third kappa shape index (κ3) is 1.76. The van der Waals surface area contributed by atoms with E-state index in [9.17, 15) is 9.59 Å². The Hall–Kier alpha value is -1.91. The molecule has 1 saturated carbocycles. The number of carboxylic acid groups (broad SMARTS) is 1. The van der Waals surface area contributed by atoms with E-state index in [1.807, 2.05) is 13.0 Å². The quantitative estimate of drug-likeness (QED) is 0.750. The zero-order chi connectivity index (χ0) is 11.8. The number of rotatable bonds is 3. The van der Waals surface area contributed by atoms with E-state index in [4.69, 9.17) is 5.11 Å². The second-order valence-electron chi connectivity index (χ2n) is 4.06. The molecule has 0 aliphatic heterocycles. The minimum atomic E-state index is -1.22. The van der Waals surface area contributed by atoms with Crippen LogP contribution in [0.3, 0.4) is 0 Å². The van der Waals surface area contributed by atoms with Gasteiger partial charge < -0.3 is 10.4 Å². The van der Waals surface area contributed by atoms with Gasteiger partial charge in [-0.25, -0.2) is 4.98 Å². The molecule has 1 heterocycles. The maximum atomic E-state index is 11.7. The van der Waals surface area contributed by atoms with Crippen molar-refractivity contribution in [1.82, 2.24) is 4.98 Å². The van der Waals surface area contributed by atoms with Crippen LogP contribution >= 0.6 is 0 Å². The second-order valence-corrected chi connectivity index (χ2v) is 4.06. The first-order chi connectivity index (χ1) is 7.54. The highest BCUT2D eigenvalue weighted by atomic mass is 16.4. The SMILES string of the molecule is Cc1ccc(NC(=O)C2(C(=O)O)CC2)nc1. The zero-order valence-corrected chi connectivity index (χ0v) is 8.86. The van der Waals surface area contributed by atoms with E-state index in [2.05, 4.69) is 10.3 Å². The number of carbonyl (C=O) groups excluding carboxylic acids is 1. The summed E-state index contributed by atoms with van der Waals surface area (Å²) in [5, 5.41) is 11.4. The van der Waals surface area contributed by atoms with Crippen LogP contribution in [-0.4, -0.2) is 22.0 Å². The van der Waals surface area contributed by atoms with Crippen LogP contribution in [0, 0.1) is 12.3 Å². The molecular formula is C11H12N2O3. The van der Waals surface area contributed by atoms with E-state index in [1.54, 1.807) is 12.3 Å². The fourth-order valence-corrected chi connectivity index (χ4v) is 1.44. The molecule has 0 unspecified atom stereocenters. The third-order valence-corrected chi connectivity index (χ3v) is 2.75. The molecule has 2 N–H and O–H groups in total. The van der Waals surface area contributed by atoms with Crippen molar-refractivity contribution < 1.29 is 14.7 Å². The lowest BCUT2D eigenvalue weighted by molar-refractivity contribution is -0.147. The van der Waals surface area contributed by atoms with Crippen LogP contribution in [-0.2, 0) is 9.59 Å². The van der Waals surface area contributed by atoms with Crippen molar-refractivity contribution in [1.29, 1.82) is 0 Å². The number of nitrogens with one attached hydrogen (secondary N) is 1. The van der Waals surface area contributed by atoms with Gasteiger partial charge in [-0.3, -0.25) is 9.59 Å². The van der Waals surface area contributed by atoms with Crippen molar-refractivity contribution in [3.05, 3.63) is 23.9 Å². The molecule has 1 fully saturated rings. The summed E-state index contributed by atoms with van der Waals surface area (Å²) in [5.74, 6) is -1.14. The lowest BCUT2D eigenvalue weighted by Crippen LogP contribution is -2.31. The number of aliphatic carboxylic acids is 1. The Morgan fingerprint density at radius 2 is 2.12 bits per heavy atom. The van der Waals surface area contributed by atoms with Gasteiger partial charge in [0.25, 0.3) is 0 Å². The minimum Gasteiger partial charge on any atom is -0.480 e. The molecule has 5 heteroatoms. The number of carbonyl (C=O) groups is 2. The molecule has 1 aliphatic carbocycles. The zero-order valence-electron chi connectivity index (χ0n) is 8.86. The molecule has 1 aliphatic rings. The highest BCUT2D eigenvalue weighted by Gasteiger charge is 2.57. The van der Waals surface area contributed by atoms with Crippen molar-refractivity contribution in [2.24, 2.45) is 5.41 Å². The Kier molecular flexibility index (Phi) is 2.38. The minimum absolute atomic E-state index is 0.392. The van der Waals surface area contributed by atoms with Crippen molar-refractivity contribution in [3.63, 3.8) is 0 Å². The molecule has 0 saturated heterocycles. The van der Waals surface area contributed by atoms with Crippen molar-refractivity contribution in [3.8, 4) is 0 Å². The van der Waals surface area contributed by atoms with Gasteiger partial charge in [0.05, 0.1) is 0 Å². The third-order valence-electron chi connectivity index (χ3n) is 2.75. The van der Waals surface area contributed by atoms with Crippen molar-refractivity contribution in [2.75, 3.05) is 5.32 Å². The van der Waals surface area contributed by atoms with E-state index < -0.39 is 17.3 Å². The van der Waals surface area contributed by atoms with Crippen LogP contribution in [0.1, 0.15) is 18.4 Å². The summed E-state index contributed by atoms with van der Waals surface area (Å²) in [6.07, 6.45) is 2.43. The van der Waals surface area contributed by atoms with Gasteiger partial charge in [0.15, 0.2) is 0 Å². The molecule has 0 atom stereocenters. The van der Waals surface area contributed by atoms with Gasteiger partial charge in [-0.2, -0.15) is 0 Å². The molecule has 1 amide bonds. The van der Waals surface area contributed by atoms with Crippen LogP contribution < -0.4 is 5.32 Å². The van der Waals surface area contributed by atoms with Gasteiger partial charge in [-0.15, -0.1) is 0 Å². The van der Waals surface area contributed by atoms with Crippen LogP contribution in [0.2, 0.25) is 0 Å². The second kappa shape index (κ2) is 3.59. The number of nitrogens with zero attached hydrogens (tertiary/aromatic N) is 1. The van der Waals surface area contributed by atoms with Crippen LogP contribution in [0.4, 0.5) is 5.82 Å². The number of aromatic nitrogens is 1. The van der Waals surface area contributed by atoms with E-state index in [1.165, 1.54) is 0 Å². The fourth-order valence-electron chi connectivity index (χ4n) is 1.44. The van der Waals surface area contributed by atoms with E-state index in [-0.39, 0.29) is 0 Å². The highest BCUT2D eigenvalue weighted by molar-refractivity contribution is 6.10. The summed E-state index contributed by atoms with van der Waals surface area (Å²) in [7, 11) is 0. The van der Waals surface area contributed by atoms with Crippen molar-refractivity contribution >= 4 is 17.7 Å². The first-order valence-electron chi connectivity index (χ1n) is 5.02. The number of pyridine rings is 1. The molecule has 0 spiro atoms. The summed E-state index contributed by atoms with van der Waals surface area (Å²) in [6, 6.07) is 3.47.